The summed E-state index contributed by atoms with van der Waals surface area (Å²) in [6.07, 6.45) is -3.64. The van der Waals surface area contributed by atoms with Crippen molar-refractivity contribution in [2.75, 3.05) is 19.8 Å². The zero-order valence-corrected chi connectivity index (χ0v) is 13.6. The number of hydrogen-bond donors (Lipinski definition) is 3. The molecule has 0 rings (SSSR count). The van der Waals surface area contributed by atoms with Crippen LogP contribution in [0.15, 0.2) is 0 Å². The molecule has 0 bridgehead atoms. The van der Waals surface area contributed by atoms with Gasteiger partial charge in [0.05, 0.1) is 13.2 Å². The van der Waals surface area contributed by atoms with E-state index in [1.807, 2.05) is 0 Å². The molecule has 0 aromatic heterocycles. The van der Waals surface area contributed by atoms with Gasteiger partial charge in [-0.2, -0.15) is 0 Å². The van der Waals surface area contributed by atoms with E-state index in [1.54, 1.807) is 13.8 Å². The molecule has 0 saturated carbocycles. The van der Waals surface area contributed by atoms with E-state index >= 15 is 0 Å². The molecule has 0 spiro atoms. The van der Waals surface area contributed by atoms with Crippen LogP contribution in [0.3, 0.4) is 0 Å². The number of aliphatic hydroxyl groups is 2. The monoisotopic (exact) mass is 351 g/mol. The first kappa shape index (κ1) is 20.2. The lowest BCUT2D eigenvalue weighted by Gasteiger charge is -2.36. The molecule has 9 heteroatoms. The maximum Gasteiger partial charge on any atom is 0.329 e. The third-order valence-electron chi connectivity index (χ3n) is 2.53. The second-order valence-electron chi connectivity index (χ2n) is 4.22. The van der Waals surface area contributed by atoms with Gasteiger partial charge in [-0.3, -0.25) is 0 Å². The van der Waals surface area contributed by atoms with E-state index < -0.39 is 33.9 Å². The van der Waals surface area contributed by atoms with Gasteiger partial charge in [0.15, 0.2) is 3.79 Å². The van der Waals surface area contributed by atoms with Crippen LogP contribution in [0.2, 0.25) is 0 Å². The Morgan fingerprint density at radius 1 is 1.25 bits per heavy atom. The first-order valence-corrected chi connectivity index (χ1v) is 7.18. The number of carbonyl (C=O) groups excluding carboxylic acids is 1. The summed E-state index contributed by atoms with van der Waals surface area (Å²) in [5.41, 5.74) is 3.78. The van der Waals surface area contributed by atoms with Gasteiger partial charge in [0.25, 0.3) is 0 Å². The van der Waals surface area contributed by atoms with Gasteiger partial charge >= 0.3 is 5.97 Å². The molecule has 4 N–H and O–H groups in total. The fourth-order valence-corrected chi connectivity index (χ4v) is 2.23. The third-order valence-corrected chi connectivity index (χ3v) is 2.93. The highest BCUT2D eigenvalue weighted by Gasteiger charge is 2.50. The molecule has 0 aromatic carbocycles. The minimum atomic E-state index is -2.06. The van der Waals surface area contributed by atoms with E-state index in [0.717, 1.165) is 0 Å². The molecule has 0 aliphatic heterocycles. The molecule has 3 unspecified atom stereocenters. The van der Waals surface area contributed by atoms with Crippen LogP contribution in [0.5, 0.6) is 0 Å². The summed E-state index contributed by atoms with van der Waals surface area (Å²) in [6.45, 7) is 3.42. The number of ether oxygens (including phenoxy) is 2. The third kappa shape index (κ3) is 6.30. The summed E-state index contributed by atoms with van der Waals surface area (Å²) in [7, 11) is 0. The van der Waals surface area contributed by atoms with Crippen molar-refractivity contribution >= 4 is 40.8 Å². The fraction of sp³-hybridized carbons (Fsp3) is 0.909. The number of carbonyl (C=O) groups is 1. The van der Waals surface area contributed by atoms with E-state index in [2.05, 4.69) is 0 Å². The molecule has 0 saturated heterocycles. The van der Waals surface area contributed by atoms with Crippen molar-refractivity contribution in [2.45, 2.75) is 41.8 Å². The SMILES string of the molecule is CCOCC(O)C(O)C(N)(CC(Cl)(Cl)Cl)C(=O)OCC. The van der Waals surface area contributed by atoms with Crippen LogP contribution in [0.1, 0.15) is 20.3 Å². The molecule has 120 valence electrons. The number of nitrogens with two attached hydrogens (primary N) is 1. The minimum absolute atomic E-state index is 0.0336. The van der Waals surface area contributed by atoms with E-state index in [9.17, 15) is 15.0 Å². The van der Waals surface area contributed by atoms with Crippen LogP contribution < -0.4 is 5.73 Å². The van der Waals surface area contributed by atoms with Crippen molar-refractivity contribution in [3.05, 3.63) is 0 Å². The van der Waals surface area contributed by atoms with Gasteiger partial charge < -0.3 is 25.4 Å². The maximum atomic E-state index is 11.9. The number of alkyl halides is 3. The van der Waals surface area contributed by atoms with Crippen molar-refractivity contribution in [2.24, 2.45) is 5.73 Å². The zero-order valence-electron chi connectivity index (χ0n) is 11.3. The summed E-state index contributed by atoms with van der Waals surface area (Å²) in [5.74, 6) is -0.964. The van der Waals surface area contributed by atoms with Gasteiger partial charge in [-0.25, -0.2) is 4.79 Å². The zero-order chi connectivity index (χ0) is 16.0. The van der Waals surface area contributed by atoms with Gasteiger partial charge in [-0.05, 0) is 13.8 Å². The Morgan fingerprint density at radius 2 is 1.80 bits per heavy atom. The molecular weight excluding hydrogens is 332 g/mol. The summed E-state index contributed by atoms with van der Waals surface area (Å²) < 4.78 is 7.85. The Balaban J connectivity index is 5.14. The topological polar surface area (TPSA) is 102 Å². The van der Waals surface area contributed by atoms with Crippen LogP contribution in [-0.4, -0.2) is 57.5 Å². The molecule has 6 nitrogen and oxygen atoms in total. The first-order valence-electron chi connectivity index (χ1n) is 6.05. The average molecular weight is 353 g/mol. The Bertz CT molecular complexity index is 313. The van der Waals surface area contributed by atoms with Crippen LogP contribution in [0.25, 0.3) is 0 Å². The summed E-state index contributed by atoms with van der Waals surface area (Å²) in [6, 6.07) is 0. The standard InChI is InChI=1S/C11H20Cl3NO5/c1-3-19-5-7(16)8(17)10(15,6-11(12,13)14)9(18)20-4-2/h7-8,16-17H,3-6,15H2,1-2H3. The maximum absolute atomic E-state index is 11.9. The number of aliphatic hydroxyl groups excluding tert-OH is 2. The largest absolute Gasteiger partial charge is 0.465 e. The predicted octanol–water partition coefficient (Wildman–Crippen LogP) is 0.766. The molecular formula is C11H20Cl3NO5. The van der Waals surface area contributed by atoms with Crippen molar-refractivity contribution in [1.82, 2.24) is 0 Å². The van der Waals surface area contributed by atoms with Crippen molar-refractivity contribution < 1.29 is 24.5 Å². The summed E-state index contributed by atoms with van der Waals surface area (Å²) in [5, 5.41) is 19.9. The highest BCUT2D eigenvalue weighted by atomic mass is 35.6. The second-order valence-corrected chi connectivity index (χ2v) is 6.74. The highest BCUT2D eigenvalue weighted by Crippen LogP contribution is 2.36. The summed E-state index contributed by atoms with van der Waals surface area (Å²) >= 11 is 16.9. The molecule has 0 radical (unpaired) electrons. The number of hydrogen-bond acceptors (Lipinski definition) is 6. The van der Waals surface area contributed by atoms with Crippen LogP contribution in [0.4, 0.5) is 0 Å². The quantitative estimate of drug-likeness (QED) is 0.440. The highest BCUT2D eigenvalue weighted by molar-refractivity contribution is 6.67. The molecule has 0 aliphatic carbocycles. The van der Waals surface area contributed by atoms with E-state index in [1.165, 1.54) is 0 Å². The van der Waals surface area contributed by atoms with Crippen LogP contribution in [-0.2, 0) is 14.3 Å². The van der Waals surface area contributed by atoms with E-state index in [-0.39, 0.29) is 13.2 Å². The Labute approximate surface area is 133 Å². The van der Waals surface area contributed by atoms with E-state index in [4.69, 9.17) is 50.0 Å². The molecule has 0 heterocycles. The Morgan fingerprint density at radius 3 is 2.20 bits per heavy atom. The normalized spacial score (nSPS) is 18.2. The minimum Gasteiger partial charge on any atom is -0.465 e. The van der Waals surface area contributed by atoms with Gasteiger partial charge in [0.2, 0.25) is 0 Å². The molecule has 0 amide bonds. The average Bonchev–Trinajstić information content (AvgIpc) is 2.33. The molecule has 0 fully saturated rings. The molecule has 0 aromatic rings. The Kier molecular flexibility index (Phi) is 8.66. The number of rotatable bonds is 8. The predicted molar refractivity (Wildman–Crippen MR) is 77.0 cm³/mol. The number of halogens is 3. The Hall–Kier alpha value is 0.180. The molecule has 3 atom stereocenters. The lowest BCUT2D eigenvalue weighted by Crippen LogP contribution is -2.64. The fourth-order valence-electron chi connectivity index (χ4n) is 1.57. The smallest absolute Gasteiger partial charge is 0.329 e. The first-order chi connectivity index (χ1) is 9.08. The molecule has 20 heavy (non-hydrogen) atoms. The summed E-state index contributed by atoms with van der Waals surface area (Å²) in [4.78, 5) is 11.9. The van der Waals surface area contributed by atoms with Gasteiger partial charge in [0, 0.05) is 13.0 Å². The van der Waals surface area contributed by atoms with Gasteiger partial charge in [0.1, 0.15) is 17.7 Å². The van der Waals surface area contributed by atoms with Crippen molar-refractivity contribution in [1.29, 1.82) is 0 Å². The van der Waals surface area contributed by atoms with Crippen molar-refractivity contribution in [3.63, 3.8) is 0 Å². The van der Waals surface area contributed by atoms with Crippen LogP contribution in [0, 0.1) is 0 Å². The number of esters is 1. The van der Waals surface area contributed by atoms with Gasteiger partial charge in [-0.1, -0.05) is 34.8 Å². The lowest BCUT2D eigenvalue weighted by atomic mass is 9.87. The van der Waals surface area contributed by atoms with Gasteiger partial charge in [-0.15, -0.1) is 0 Å². The second kappa shape index (κ2) is 8.58. The molecule has 0 aliphatic rings. The van der Waals surface area contributed by atoms with E-state index in [0.29, 0.717) is 6.61 Å². The lowest BCUT2D eigenvalue weighted by molar-refractivity contribution is -0.160. The van der Waals surface area contributed by atoms with Crippen molar-refractivity contribution in [3.8, 4) is 0 Å². The van der Waals surface area contributed by atoms with Crippen LogP contribution >= 0.6 is 34.8 Å².